The van der Waals surface area contributed by atoms with E-state index in [1.165, 1.54) is 12.8 Å². The Kier molecular flexibility index (Phi) is 5.61. The maximum atomic E-state index is 5.47. The summed E-state index contributed by atoms with van der Waals surface area (Å²) in [4.78, 5) is 3.81. The molecule has 0 atom stereocenters. The topological polar surface area (TPSA) is 50.4 Å². The van der Waals surface area contributed by atoms with Gasteiger partial charge in [-0.1, -0.05) is 26.7 Å². The Bertz CT molecular complexity index is 117. The van der Waals surface area contributed by atoms with E-state index in [9.17, 15) is 0 Å². The fourth-order valence-electron chi connectivity index (χ4n) is 0.905. The Labute approximate surface area is 69.1 Å². The van der Waals surface area contributed by atoms with Crippen LogP contribution < -0.4 is 11.1 Å². The molecule has 0 amide bonds. The predicted octanol–water partition coefficient (Wildman–Crippen LogP) is 0.957. The van der Waals surface area contributed by atoms with E-state index < -0.39 is 0 Å². The molecular formula is C8H19N3. The van der Waals surface area contributed by atoms with Crippen molar-refractivity contribution in [3.05, 3.63) is 0 Å². The molecule has 11 heavy (non-hydrogen) atoms. The molecule has 0 bridgehead atoms. The summed E-state index contributed by atoms with van der Waals surface area (Å²) in [5.74, 6) is 1.26. The molecule has 0 heterocycles. The van der Waals surface area contributed by atoms with Crippen LogP contribution in [0.2, 0.25) is 0 Å². The van der Waals surface area contributed by atoms with Crippen LogP contribution in [0.3, 0.4) is 0 Å². The zero-order valence-electron chi connectivity index (χ0n) is 7.72. The Hall–Kier alpha value is -0.730. The number of hydrogen-bond donors (Lipinski definition) is 2. The van der Waals surface area contributed by atoms with Crippen molar-refractivity contribution in [2.24, 2.45) is 16.6 Å². The van der Waals surface area contributed by atoms with Crippen LogP contribution >= 0.6 is 0 Å². The number of guanidine groups is 1. The molecule has 0 unspecified atom stereocenters. The van der Waals surface area contributed by atoms with Crippen molar-refractivity contribution in [3.8, 4) is 0 Å². The lowest BCUT2D eigenvalue weighted by molar-refractivity contribution is 0.484. The van der Waals surface area contributed by atoms with E-state index in [1.807, 2.05) is 0 Å². The van der Waals surface area contributed by atoms with E-state index in [1.54, 1.807) is 7.05 Å². The first-order valence-electron chi connectivity index (χ1n) is 4.20. The standard InChI is InChI=1S/C8H19N3/c1-4-7(5-2)6-11-8(9)10-3/h7H,4-6H2,1-3H3,(H3,9,10,11). The van der Waals surface area contributed by atoms with Crippen LogP contribution in [0.25, 0.3) is 0 Å². The minimum Gasteiger partial charge on any atom is -0.370 e. The Morgan fingerprint density at radius 2 is 2.00 bits per heavy atom. The first-order chi connectivity index (χ1) is 5.24. The number of aliphatic imine (C=N–C) groups is 1. The zero-order valence-corrected chi connectivity index (χ0v) is 7.72. The summed E-state index contributed by atoms with van der Waals surface area (Å²) in [6.45, 7) is 5.32. The highest BCUT2D eigenvalue weighted by Gasteiger charge is 2.01. The molecule has 3 heteroatoms. The third kappa shape index (κ3) is 4.65. The van der Waals surface area contributed by atoms with E-state index in [0.717, 1.165) is 12.5 Å². The summed E-state index contributed by atoms with van der Waals surface area (Å²) >= 11 is 0. The van der Waals surface area contributed by atoms with Gasteiger partial charge in [-0.3, -0.25) is 4.99 Å². The number of rotatable bonds is 4. The molecule has 0 aromatic heterocycles. The highest BCUT2D eigenvalue weighted by Crippen LogP contribution is 2.04. The van der Waals surface area contributed by atoms with Gasteiger partial charge in [0.05, 0.1) is 0 Å². The molecule has 0 aliphatic heterocycles. The van der Waals surface area contributed by atoms with Crippen molar-refractivity contribution >= 4 is 5.96 Å². The molecule has 0 radical (unpaired) electrons. The second-order valence-corrected chi connectivity index (χ2v) is 2.67. The summed E-state index contributed by atoms with van der Waals surface area (Å²) in [7, 11) is 1.69. The lowest BCUT2D eigenvalue weighted by Gasteiger charge is -2.12. The quantitative estimate of drug-likeness (QED) is 0.471. The summed E-state index contributed by atoms with van der Waals surface area (Å²) in [5, 5.41) is 3.06. The lowest BCUT2D eigenvalue weighted by atomic mass is 10.0. The van der Waals surface area contributed by atoms with Crippen molar-refractivity contribution in [1.29, 1.82) is 0 Å². The minimum absolute atomic E-state index is 0.539. The number of nitrogens with zero attached hydrogens (tertiary/aromatic N) is 1. The van der Waals surface area contributed by atoms with Crippen LogP contribution in [0.4, 0.5) is 0 Å². The van der Waals surface area contributed by atoms with Crippen LogP contribution in [-0.4, -0.2) is 19.6 Å². The molecule has 0 saturated heterocycles. The molecule has 0 aliphatic rings. The van der Waals surface area contributed by atoms with Gasteiger partial charge in [-0.25, -0.2) is 0 Å². The smallest absolute Gasteiger partial charge is 0.188 e. The third-order valence-corrected chi connectivity index (χ3v) is 1.97. The van der Waals surface area contributed by atoms with Gasteiger partial charge in [0.2, 0.25) is 0 Å². The fourth-order valence-corrected chi connectivity index (χ4v) is 0.905. The molecule has 0 aromatic carbocycles. The van der Waals surface area contributed by atoms with Gasteiger partial charge in [-0.2, -0.15) is 0 Å². The highest BCUT2D eigenvalue weighted by molar-refractivity contribution is 5.77. The maximum Gasteiger partial charge on any atom is 0.188 e. The monoisotopic (exact) mass is 157 g/mol. The highest BCUT2D eigenvalue weighted by atomic mass is 15.1. The third-order valence-electron chi connectivity index (χ3n) is 1.97. The van der Waals surface area contributed by atoms with Gasteiger partial charge in [0.15, 0.2) is 5.96 Å². The van der Waals surface area contributed by atoms with Gasteiger partial charge in [0.25, 0.3) is 0 Å². The van der Waals surface area contributed by atoms with E-state index in [2.05, 4.69) is 24.2 Å². The van der Waals surface area contributed by atoms with Crippen molar-refractivity contribution in [2.75, 3.05) is 13.6 Å². The number of nitrogens with one attached hydrogen (secondary N) is 1. The van der Waals surface area contributed by atoms with Gasteiger partial charge in [-0.15, -0.1) is 0 Å². The van der Waals surface area contributed by atoms with Crippen molar-refractivity contribution < 1.29 is 0 Å². The number of nitrogens with two attached hydrogens (primary N) is 1. The van der Waals surface area contributed by atoms with E-state index in [0.29, 0.717) is 5.96 Å². The summed E-state index contributed by atoms with van der Waals surface area (Å²) in [6.07, 6.45) is 2.39. The van der Waals surface area contributed by atoms with E-state index in [4.69, 9.17) is 5.73 Å². The molecule has 3 N–H and O–H groups in total. The average Bonchev–Trinajstić information content (AvgIpc) is 2.06. The summed E-state index contributed by atoms with van der Waals surface area (Å²) in [6, 6.07) is 0. The average molecular weight is 157 g/mol. The molecule has 0 rings (SSSR count). The lowest BCUT2D eigenvalue weighted by Crippen LogP contribution is -2.34. The van der Waals surface area contributed by atoms with Crippen LogP contribution in [0, 0.1) is 5.92 Å². The summed E-state index contributed by atoms with van der Waals surface area (Å²) < 4.78 is 0. The first-order valence-corrected chi connectivity index (χ1v) is 4.20. The Morgan fingerprint density at radius 1 is 1.45 bits per heavy atom. The largest absolute Gasteiger partial charge is 0.370 e. The van der Waals surface area contributed by atoms with Gasteiger partial charge < -0.3 is 11.1 Å². The maximum absolute atomic E-state index is 5.47. The fraction of sp³-hybridized carbons (Fsp3) is 0.875. The van der Waals surface area contributed by atoms with Gasteiger partial charge in [0.1, 0.15) is 0 Å². The SMILES string of the molecule is CCC(CC)CNC(N)=NC. The molecule has 0 spiro atoms. The molecule has 66 valence electrons. The van der Waals surface area contributed by atoms with E-state index >= 15 is 0 Å². The Balaban J connectivity index is 3.50. The zero-order chi connectivity index (χ0) is 8.69. The van der Waals surface area contributed by atoms with Crippen LogP contribution in [0.15, 0.2) is 4.99 Å². The minimum atomic E-state index is 0.539. The van der Waals surface area contributed by atoms with Gasteiger partial charge in [0, 0.05) is 13.6 Å². The van der Waals surface area contributed by atoms with Crippen LogP contribution in [0.5, 0.6) is 0 Å². The molecular weight excluding hydrogens is 138 g/mol. The number of hydrogen-bond acceptors (Lipinski definition) is 1. The van der Waals surface area contributed by atoms with Crippen molar-refractivity contribution in [1.82, 2.24) is 5.32 Å². The van der Waals surface area contributed by atoms with Crippen molar-refractivity contribution in [3.63, 3.8) is 0 Å². The molecule has 0 aliphatic carbocycles. The van der Waals surface area contributed by atoms with Gasteiger partial charge >= 0.3 is 0 Å². The van der Waals surface area contributed by atoms with Crippen molar-refractivity contribution in [2.45, 2.75) is 26.7 Å². The molecule has 0 aromatic rings. The normalized spacial score (nSPS) is 12.2. The predicted molar refractivity (Wildman–Crippen MR) is 49.6 cm³/mol. The first kappa shape index (κ1) is 10.3. The van der Waals surface area contributed by atoms with E-state index in [-0.39, 0.29) is 0 Å². The Morgan fingerprint density at radius 3 is 2.36 bits per heavy atom. The second kappa shape index (κ2) is 6.01. The van der Waals surface area contributed by atoms with Gasteiger partial charge in [-0.05, 0) is 5.92 Å². The molecule has 3 nitrogen and oxygen atoms in total. The molecule has 0 fully saturated rings. The summed E-state index contributed by atoms with van der Waals surface area (Å²) in [5.41, 5.74) is 5.47. The molecule has 0 saturated carbocycles. The van der Waals surface area contributed by atoms with Crippen LogP contribution in [0.1, 0.15) is 26.7 Å². The second-order valence-electron chi connectivity index (χ2n) is 2.67. The van der Waals surface area contributed by atoms with Crippen LogP contribution in [-0.2, 0) is 0 Å².